The number of fused-ring (bicyclic) bond motifs is 1. The molecule has 206 valence electrons. The number of para-hydroxylation sites is 1. The van der Waals surface area contributed by atoms with Crippen molar-refractivity contribution in [2.24, 2.45) is 5.92 Å². The first-order valence-electron chi connectivity index (χ1n) is 13.4. The molecule has 8 nitrogen and oxygen atoms in total. The number of aliphatic hydroxyl groups is 1. The molecule has 3 atom stereocenters. The summed E-state index contributed by atoms with van der Waals surface area (Å²) in [6.45, 7) is 5.72. The van der Waals surface area contributed by atoms with E-state index in [1.54, 1.807) is 17.0 Å². The van der Waals surface area contributed by atoms with Crippen molar-refractivity contribution in [2.45, 2.75) is 39.0 Å². The monoisotopic (exact) mass is 530 g/mol. The molecule has 39 heavy (non-hydrogen) atoms. The third-order valence-electron chi connectivity index (χ3n) is 6.99. The summed E-state index contributed by atoms with van der Waals surface area (Å²) in [5.41, 5.74) is 3.15. The first-order valence-corrected chi connectivity index (χ1v) is 13.4. The fourth-order valence-electron chi connectivity index (χ4n) is 4.81. The van der Waals surface area contributed by atoms with Crippen LogP contribution in [0.4, 0.5) is 16.2 Å². The third kappa shape index (κ3) is 7.81. The summed E-state index contributed by atoms with van der Waals surface area (Å²) in [6, 6.07) is 24.2. The maximum atomic E-state index is 13.4. The van der Waals surface area contributed by atoms with Gasteiger partial charge in [-0.2, -0.15) is 0 Å². The highest BCUT2D eigenvalue weighted by Gasteiger charge is 2.31. The molecular weight excluding hydrogens is 492 g/mol. The molecule has 8 heteroatoms. The van der Waals surface area contributed by atoms with Crippen molar-refractivity contribution in [1.82, 2.24) is 9.80 Å². The molecule has 3 N–H and O–H groups in total. The quantitative estimate of drug-likeness (QED) is 0.395. The molecule has 3 aromatic carbocycles. The molecule has 0 unspecified atom stereocenters. The first kappa shape index (κ1) is 28.1. The van der Waals surface area contributed by atoms with Gasteiger partial charge in [0, 0.05) is 42.5 Å². The molecule has 0 aliphatic carbocycles. The predicted molar refractivity (Wildman–Crippen MR) is 154 cm³/mol. The molecule has 0 saturated carbocycles. The molecule has 0 bridgehead atoms. The second kappa shape index (κ2) is 13.3. The van der Waals surface area contributed by atoms with Crippen LogP contribution in [0.2, 0.25) is 0 Å². The van der Waals surface area contributed by atoms with Gasteiger partial charge in [-0.15, -0.1) is 0 Å². The number of likely N-dealkylation sites (N-methyl/N-ethyl adjacent to an activating group) is 1. The highest BCUT2D eigenvalue weighted by molar-refractivity contribution is 5.99. The molecule has 3 aromatic rings. The number of hydrogen-bond donors (Lipinski definition) is 3. The number of amides is 3. The van der Waals surface area contributed by atoms with Gasteiger partial charge in [-0.05, 0) is 49.9 Å². The SMILES string of the molecule is C[C@@H]1CN([C@H](C)CO)C(=O)Cc2cc(NC(=O)Nc3ccccc3)ccc2O[C@@H]1CN(C)Cc1ccccc1. The number of urea groups is 1. The summed E-state index contributed by atoms with van der Waals surface area (Å²) in [4.78, 5) is 30.0. The summed E-state index contributed by atoms with van der Waals surface area (Å²) < 4.78 is 6.59. The highest BCUT2D eigenvalue weighted by Crippen LogP contribution is 2.29. The minimum atomic E-state index is -0.374. The largest absolute Gasteiger partial charge is 0.488 e. The van der Waals surface area contributed by atoms with E-state index in [9.17, 15) is 14.7 Å². The number of aliphatic hydroxyl groups excluding tert-OH is 1. The number of rotatable bonds is 8. The van der Waals surface area contributed by atoms with Gasteiger partial charge in [-0.3, -0.25) is 9.69 Å². The van der Waals surface area contributed by atoms with Crippen LogP contribution < -0.4 is 15.4 Å². The number of benzene rings is 3. The smallest absolute Gasteiger partial charge is 0.323 e. The highest BCUT2D eigenvalue weighted by atomic mass is 16.5. The molecule has 0 aromatic heterocycles. The summed E-state index contributed by atoms with van der Waals surface area (Å²) in [6.07, 6.45) is -0.0913. The van der Waals surface area contributed by atoms with Gasteiger partial charge in [-0.25, -0.2) is 4.79 Å². The molecule has 1 aliphatic rings. The van der Waals surface area contributed by atoms with Gasteiger partial charge in [0.05, 0.1) is 19.1 Å². The van der Waals surface area contributed by atoms with Crippen molar-refractivity contribution in [3.8, 4) is 5.75 Å². The van der Waals surface area contributed by atoms with E-state index < -0.39 is 0 Å². The van der Waals surface area contributed by atoms with Crippen molar-refractivity contribution >= 4 is 23.3 Å². The van der Waals surface area contributed by atoms with Crippen LogP contribution in [-0.4, -0.2) is 65.7 Å². The van der Waals surface area contributed by atoms with Crippen LogP contribution in [0.1, 0.15) is 25.0 Å². The lowest BCUT2D eigenvalue weighted by molar-refractivity contribution is -0.134. The van der Waals surface area contributed by atoms with E-state index in [2.05, 4.69) is 41.6 Å². The molecule has 1 aliphatic heterocycles. The van der Waals surface area contributed by atoms with E-state index in [1.807, 2.05) is 61.5 Å². The Morgan fingerprint density at radius 2 is 1.72 bits per heavy atom. The number of carbonyl (C=O) groups is 2. The van der Waals surface area contributed by atoms with Gasteiger partial charge in [0.15, 0.2) is 0 Å². The minimum Gasteiger partial charge on any atom is -0.488 e. The van der Waals surface area contributed by atoms with Crippen molar-refractivity contribution in [1.29, 1.82) is 0 Å². The Bertz CT molecular complexity index is 1240. The fourth-order valence-corrected chi connectivity index (χ4v) is 4.81. The third-order valence-corrected chi connectivity index (χ3v) is 6.99. The van der Waals surface area contributed by atoms with Crippen LogP contribution in [0.3, 0.4) is 0 Å². The van der Waals surface area contributed by atoms with E-state index >= 15 is 0 Å². The molecule has 3 amide bonds. The van der Waals surface area contributed by atoms with Gasteiger partial charge in [0.1, 0.15) is 11.9 Å². The van der Waals surface area contributed by atoms with Gasteiger partial charge in [0.2, 0.25) is 5.91 Å². The zero-order chi connectivity index (χ0) is 27.8. The molecule has 0 radical (unpaired) electrons. The van der Waals surface area contributed by atoms with Gasteiger partial charge in [-0.1, -0.05) is 55.5 Å². The number of anilines is 2. The second-order valence-electron chi connectivity index (χ2n) is 10.3. The average Bonchev–Trinajstić information content (AvgIpc) is 2.97. The van der Waals surface area contributed by atoms with Crippen molar-refractivity contribution < 1.29 is 19.4 Å². The van der Waals surface area contributed by atoms with Crippen molar-refractivity contribution in [2.75, 3.05) is 37.4 Å². The fraction of sp³-hybridized carbons (Fsp3) is 0.355. The Kier molecular flexibility index (Phi) is 9.57. The molecule has 4 rings (SSSR count). The van der Waals surface area contributed by atoms with E-state index in [4.69, 9.17) is 4.74 Å². The van der Waals surface area contributed by atoms with Crippen LogP contribution in [0.15, 0.2) is 78.9 Å². The van der Waals surface area contributed by atoms with Crippen molar-refractivity contribution in [3.63, 3.8) is 0 Å². The molecule has 1 heterocycles. The van der Waals surface area contributed by atoms with E-state index in [0.717, 1.165) is 6.54 Å². The summed E-state index contributed by atoms with van der Waals surface area (Å²) in [5, 5.41) is 15.5. The Morgan fingerprint density at radius 1 is 1.05 bits per heavy atom. The number of carbonyl (C=O) groups excluding carboxylic acids is 2. The predicted octanol–water partition coefficient (Wildman–Crippen LogP) is 4.61. The summed E-state index contributed by atoms with van der Waals surface area (Å²) in [7, 11) is 2.06. The van der Waals surface area contributed by atoms with Gasteiger partial charge >= 0.3 is 6.03 Å². The second-order valence-corrected chi connectivity index (χ2v) is 10.3. The topological polar surface area (TPSA) is 94.1 Å². The number of nitrogens with one attached hydrogen (secondary N) is 2. The Labute approximate surface area is 230 Å². The maximum Gasteiger partial charge on any atom is 0.323 e. The lowest BCUT2D eigenvalue weighted by Gasteiger charge is -2.34. The number of nitrogens with zero attached hydrogens (tertiary/aromatic N) is 2. The Morgan fingerprint density at radius 3 is 2.41 bits per heavy atom. The van der Waals surface area contributed by atoms with E-state index in [0.29, 0.717) is 35.8 Å². The number of ether oxygens (including phenoxy) is 1. The zero-order valence-electron chi connectivity index (χ0n) is 22.8. The van der Waals surface area contributed by atoms with Crippen LogP contribution in [0, 0.1) is 5.92 Å². The minimum absolute atomic E-state index is 0.0153. The van der Waals surface area contributed by atoms with E-state index in [-0.39, 0.29) is 43.0 Å². The lowest BCUT2D eigenvalue weighted by atomic mass is 10.0. The average molecular weight is 531 g/mol. The van der Waals surface area contributed by atoms with Crippen LogP contribution in [0.5, 0.6) is 5.75 Å². The Hall–Kier alpha value is -3.88. The standard InChI is InChI=1S/C31H38N4O4/c1-22-18-35(23(2)21-36)30(37)17-25-16-27(33-31(38)32-26-12-8-5-9-13-26)14-15-28(25)39-29(22)20-34(3)19-24-10-6-4-7-11-24/h4-16,22-23,29,36H,17-21H2,1-3H3,(H2,32,33,38)/t22-,23-,29-/m1/s1. The van der Waals surface area contributed by atoms with E-state index in [1.165, 1.54) is 5.56 Å². The zero-order valence-corrected chi connectivity index (χ0v) is 22.8. The Balaban J connectivity index is 1.56. The van der Waals surface area contributed by atoms with Crippen LogP contribution in [0.25, 0.3) is 0 Å². The van der Waals surface area contributed by atoms with Gasteiger partial charge in [0.25, 0.3) is 0 Å². The maximum absolute atomic E-state index is 13.4. The van der Waals surface area contributed by atoms with Crippen molar-refractivity contribution in [3.05, 3.63) is 90.0 Å². The number of hydrogen-bond acceptors (Lipinski definition) is 5. The molecule has 0 saturated heterocycles. The normalized spacial score (nSPS) is 18.3. The lowest BCUT2D eigenvalue weighted by Crippen LogP contribution is -2.47. The summed E-state index contributed by atoms with van der Waals surface area (Å²) in [5.74, 6) is 0.555. The molecule has 0 spiro atoms. The summed E-state index contributed by atoms with van der Waals surface area (Å²) >= 11 is 0. The first-order chi connectivity index (χ1) is 18.8. The molecule has 0 fully saturated rings. The molecular formula is C31H38N4O4. The van der Waals surface area contributed by atoms with Crippen LogP contribution in [-0.2, 0) is 17.8 Å². The van der Waals surface area contributed by atoms with Gasteiger partial charge < -0.3 is 25.4 Å². The van der Waals surface area contributed by atoms with Crippen LogP contribution >= 0.6 is 0 Å².